The van der Waals surface area contributed by atoms with Crippen LogP contribution in [-0.4, -0.2) is 26.4 Å². The zero-order chi connectivity index (χ0) is 7.28. The fraction of sp³-hybridized carbons (Fsp3) is 1.00. The molecule has 0 radical (unpaired) electrons. The minimum Gasteiger partial charge on any atom is -0.293 e. The van der Waals surface area contributed by atoms with Gasteiger partial charge in [0.05, 0.1) is 0 Å². The molecule has 0 fully saturated rings. The molecule has 0 saturated heterocycles. The van der Waals surface area contributed by atoms with Crippen LogP contribution in [0.5, 0.6) is 0 Å². The van der Waals surface area contributed by atoms with E-state index in [9.17, 15) is 0 Å². The summed E-state index contributed by atoms with van der Waals surface area (Å²) in [7, 11) is 3.83. The molecule has 9 heavy (non-hydrogen) atoms. The van der Waals surface area contributed by atoms with Gasteiger partial charge in [-0.1, -0.05) is 0 Å². The fourth-order valence-electron chi connectivity index (χ4n) is 0.644. The highest BCUT2D eigenvalue weighted by molar-refractivity contribution is 4.59. The van der Waals surface area contributed by atoms with Gasteiger partial charge in [0.2, 0.25) is 0 Å². The molecule has 0 rings (SSSR count). The number of nitrogens with one attached hydrogen (secondary N) is 3. The van der Waals surface area contributed by atoms with Crippen molar-refractivity contribution in [2.45, 2.75) is 26.2 Å². The first-order chi connectivity index (χ1) is 4.20. The summed E-state index contributed by atoms with van der Waals surface area (Å²) in [6.45, 7) is 4.23. The van der Waals surface area contributed by atoms with Gasteiger partial charge in [0.25, 0.3) is 0 Å². The van der Waals surface area contributed by atoms with Crippen LogP contribution in [-0.2, 0) is 0 Å². The summed E-state index contributed by atoms with van der Waals surface area (Å²) >= 11 is 0. The third-order valence-electron chi connectivity index (χ3n) is 1.08. The lowest BCUT2D eigenvalue weighted by atomic mass is 10.4. The van der Waals surface area contributed by atoms with E-state index >= 15 is 0 Å². The van der Waals surface area contributed by atoms with Gasteiger partial charge in [-0.2, -0.15) is 0 Å². The Bertz CT molecular complexity index is 59.3. The Kier molecular flexibility index (Phi) is 4.67. The zero-order valence-corrected chi connectivity index (χ0v) is 6.65. The molecule has 3 N–H and O–H groups in total. The Hall–Kier alpha value is -0.120. The van der Waals surface area contributed by atoms with Crippen molar-refractivity contribution in [2.75, 3.05) is 14.1 Å². The lowest BCUT2D eigenvalue weighted by Gasteiger charge is -2.19. The molecule has 0 aromatic rings. The van der Waals surface area contributed by atoms with E-state index in [1.165, 1.54) is 0 Å². The lowest BCUT2D eigenvalue weighted by molar-refractivity contribution is 0.373. The third-order valence-corrected chi connectivity index (χ3v) is 1.08. The van der Waals surface area contributed by atoms with Crippen LogP contribution >= 0.6 is 0 Å². The van der Waals surface area contributed by atoms with Crippen LogP contribution in [0.15, 0.2) is 0 Å². The molecule has 0 aromatic heterocycles. The van der Waals surface area contributed by atoms with Crippen LogP contribution < -0.4 is 16.0 Å². The fourth-order valence-corrected chi connectivity index (χ4v) is 0.644. The van der Waals surface area contributed by atoms with Crippen molar-refractivity contribution in [1.82, 2.24) is 16.0 Å². The summed E-state index contributed by atoms with van der Waals surface area (Å²) in [5.74, 6) is 0. The predicted molar refractivity (Wildman–Crippen MR) is 40.2 cm³/mol. The van der Waals surface area contributed by atoms with Gasteiger partial charge in [0, 0.05) is 6.04 Å². The SMILES string of the molecule is CNC(NC)NC(C)C. The molecule has 0 bridgehead atoms. The predicted octanol–water partition coefficient (Wildman–Crippen LogP) is -0.293. The summed E-state index contributed by atoms with van der Waals surface area (Å²) < 4.78 is 0. The Labute approximate surface area is 57.2 Å². The minimum atomic E-state index is 0.227. The van der Waals surface area contributed by atoms with Gasteiger partial charge in [-0.15, -0.1) is 0 Å². The van der Waals surface area contributed by atoms with Crippen molar-refractivity contribution in [3.8, 4) is 0 Å². The summed E-state index contributed by atoms with van der Waals surface area (Å²) in [4.78, 5) is 0. The van der Waals surface area contributed by atoms with Crippen LogP contribution in [0.4, 0.5) is 0 Å². The van der Waals surface area contributed by atoms with Gasteiger partial charge >= 0.3 is 0 Å². The zero-order valence-electron chi connectivity index (χ0n) is 6.65. The normalized spacial score (nSPS) is 11.3. The molecule has 0 atom stereocenters. The quantitative estimate of drug-likeness (QED) is 0.459. The first kappa shape index (κ1) is 8.88. The molecule has 0 heterocycles. The number of rotatable bonds is 4. The smallest absolute Gasteiger partial charge is 0.111 e. The molecule has 0 aliphatic rings. The topological polar surface area (TPSA) is 36.1 Å². The van der Waals surface area contributed by atoms with Crippen LogP contribution in [0.1, 0.15) is 13.8 Å². The van der Waals surface area contributed by atoms with Crippen LogP contribution in [0, 0.1) is 0 Å². The molecular weight excluding hydrogens is 114 g/mol. The molecular formula is C6H17N3. The molecule has 0 aliphatic carbocycles. The molecule has 0 unspecified atom stereocenters. The Balaban J connectivity index is 3.31. The Morgan fingerprint density at radius 3 is 1.56 bits per heavy atom. The van der Waals surface area contributed by atoms with Gasteiger partial charge in [0.1, 0.15) is 6.29 Å². The maximum atomic E-state index is 3.26. The van der Waals surface area contributed by atoms with Crippen LogP contribution in [0.25, 0.3) is 0 Å². The van der Waals surface area contributed by atoms with E-state index in [4.69, 9.17) is 0 Å². The average Bonchev–Trinajstić information content (AvgIpc) is 1.82. The van der Waals surface area contributed by atoms with Crippen LogP contribution in [0.3, 0.4) is 0 Å². The van der Waals surface area contributed by atoms with E-state index in [-0.39, 0.29) is 6.29 Å². The lowest BCUT2D eigenvalue weighted by Crippen LogP contribution is -2.52. The molecule has 0 saturated carbocycles. The minimum absolute atomic E-state index is 0.227. The van der Waals surface area contributed by atoms with Crippen molar-refractivity contribution < 1.29 is 0 Å². The van der Waals surface area contributed by atoms with E-state index in [0.717, 1.165) is 0 Å². The molecule has 0 aliphatic heterocycles. The summed E-state index contributed by atoms with van der Waals surface area (Å²) in [5.41, 5.74) is 0. The van der Waals surface area contributed by atoms with Crippen molar-refractivity contribution in [3.05, 3.63) is 0 Å². The molecule has 3 heteroatoms. The highest BCUT2D eigenvalue weighted by Crippen LogP contribution is 1.76. The Morgan fingerprint density at radius 1 is 1.00 bits per heavy atom. The molecule has 0 aromatic carbocycles. The second-order valence-corrected chi connectivity index (χ2v) is 2.33. The van der Waals surface area contributed by atoms with Crippen molar-refractivity contribution >= 4 is 0 Å². The first-order valence-corrected chi connectivity index (χ1v) is 3.31. The molecule has 3 nitrogen and oxygen atoms in total. The van der Waals surface area contributed by atoms with Gasteiger partial charge < -0.3 is 0 Å². The first-order valence-electron chi connectivity index (χ1n) is 3.31. The standard InChI is InChI=1S/C6H17N3/c1-5(2)9-6(7-3)8-4/h5-9H,1-4H3. The third kappa shape index (κ3) is 4.39. The number of hydrogen-bond donors (Lipinski definition) is 3. The Morgan fingerprint density at radius 2 is 1.44 bits per heavy atom. The summed E-state index contributed by atoms with van der Waals surface area (Å²) in [6.07, 6.45) is 0.227. The average molecular weight is 131 g/mol. The van der Waals surface area contributed by atoms with Gasteiger partial charge in [-0.05, 0) is 27.9 Å². The van der Waals surface area contributed by atoms with Crippen molar-refractivity contribution in [1.29, 1.82) is 0 Å². The van der Waals surface area contributed by atoms with E-state index in [0.29, 0.717) is 6.04 Å². The van der Waals surface area contributed by atoms with E-state index in [2.05, 4.69) is 29.8 Å². The highest BCUT2D eigenvalue weighted by Gasteiger charge is 2.00. The molecule has 56 valence electrons. The van der Waals surface area contributed by atoms with Gasteiger partial charge in [-0.3, -0.25) is 16.0 Å². The van der Waals surface area contributed by atoms with Gasteiger partial charge in [-0.25, -0.2) is 0 Å². The second-order valence-electron chi connectivity index (χ2n) is 2.33. The van der Waals surface area contributed by atoms with Crippen LogP contribution in [0.2, 0.25) is 0 Å². The molecule has 0 spiro atoms. The van der Waals surface area contributed by atoms with Gasteiger partial charge in [0.15, 0.2) is 0 Å². The van der Waals surface area contributed by atoms with Crippen molar-refractivity contribution in [3.63, 3.8) is 0 Å². The molecule has 0 amide bonds. The summed E-state index contributed by atoms with van der Waals surface area (Å²) in [5, 5.41) is 9.38. The van der Waals surface area contributed by atoms with E-state index in [1.54, 1.807) is 0 Å². The highest BCUT2D eigenvalue weighted by atomic mass is 15.3. The summed E-state index contributed by atoms with van der Waals surface area (Å²) in [6, 6.07) is 0.509. The van der Waals surface area contributed by atoms with E-state index in [1.807, 2.05) is 14.1 Å². The second kappa shape index (κ2) is 4.73. The van der Waals surface area contributed by atoms with E-state index < -0.39 is 0 Å². The largest absolute Gasteiger partial charge is 0.293 e. The maximum absolute atomic E-state index is 3.26. The maximum Gasteiger partial charge on any atom is 0.111 e. The number of hydrogen-bond acceptors (Lipinski definition) is 3. The monoisotopic (exact) mass is 131 g/mol. The van der Waals surface area contributed by atoms with Crippen molar-refractivity contribution in [2.24, 2.45) is 0 Å².